The van der Waals surface area contributed by atoms with Gasteiger partial charge in [-0.05, 0) is 47.5 Å². The number of ether oxygens (including phenoxy) is 1. The Morgan fingerprint density at radius 3 is 2.44 bits per heavy atom. The molecule has 5 heteroatoms. The molecule has 0 saturated heterocycles. The maximum atomic E-state index is 12.2. The van der Waals surface area contributed by atoms with Gasteiger partial charge in [-0.15, -0.1) is 0 Å². The van der Waals surface area contributed by atoms with Gasteiger partial charge in [0.15, 0.2) is 6.10 Å². The van der Waals surface area contributed by atoms with Crippen LogP contribution in [-0.2, 0) is 4.79 Å². The molecule has 3 aromatic carbocycles. The molecule has 0 aliphatic heterocycles. The second-order valence-corrected chi connectivity index (χ2v) is 6.49. The summed E-state index contributed by atoms with van der Waals surface area (Å²) < 4.78 is 5.74. The van der Waals surface area contributed by atoms with Crippen LogP contribution in [0.3, 0.4) is 0 Å². The Morgan fingerprint density at radius 1 is 1.04 bits per heavy atom. The minimum Gasteiger partial charge on any atom is -0.481 e. The number of hydrogen-bond donors (Lipinski definition) is 1. The Balaban J connectivity index is 1.56. The van der Waals surface area contributed by atoms with E-state index < -0.39 is 6.10 Å². The predicted molar refractivity (Wildman–Crippen MR) is 111 cm³/mol. The lowest BCUT2D eigenvalue weighted by Crippen LogP contribution is -2.33. The average molecular weight is 361 g/mol. The molecular weight excluding hydrogens is 338 g/mol. The number of carbonyl (C=O) groups excluding carboxylic acids is 1. The van der Waals surface area contributed by atoms with E-state index in [1.54, 1.807) is 13.1 Å². The van der Waals surface area contributed by atoms with E-state index in [1.165, 1.54) is 0 Å². The second kappa shape index (κ2) is 8.36. The van der Waals surface area contributed by atoms with Crippen molar-refractivity contribution < 1.29 is 9.53 Å². The van der Waals surface area contributed by atoms with Crippen LogP contribution in [0.4, 0.5) is 5.69 Å². The maximum absolute atomic E-state index is 12.2. The summed E-state index contributed by atoms with van der Waals surface area (Å²) >= 11 is 0. The van der Waals surface area contributed by atoms with Crippen molar-refractivity contribution in [3.8, 4) is 5.75 Å². The van der Waals surface area contributed by atoms with E-state index in [9.17, 15) is 4.79 Å². The number of rotatable bonds is 6. The van der Waals surface area contributed by atoms with Crippen LogP contribution in [0.5, 0.6) is 5.75 Å². The van der Waals surface area contributed by atoms with Crippen molar-refractivity contribution in [1.29, 1.82) is 0 Å². The van der Waals surface area contributed by atoms with Gasteiger partial charge in [-0.2, -0.15) is 5.10 Å². The highest BCUT2D eigenvalue weighted by atomic mass is 16.5. The Bertz CT molecular complexity index is 949. The van der Waals surface area contributed by atoms with Crippen molar-refractivity contribution in [2.45, 2.75) is 13.0 Å². The molecule has 5 nitrogen and oxygen atoms in total. The van der Waals surface area contributed by atoms with E-state index in [1.807, 2.05) is 85.7 Å². The van der Waals surface area contributed by atoms with Crippen LogP contribution in [0, 0.1) is 0 Å². The van der Waals surface area contributed by atoms with Gasteiger partial charge in [0.1, 0.15) is 5.75 Å². The molecule has 138 valence electrons. The van der Waals surface area contributed by atoms with E-state index in [0.29, 0.717) is 5.75 Å². The maximum Gasteiger partial charge on any atom is 0.280 e. The molecule has 3 rings (SSSR count). The smallest absolute Gasteiger partial charge is 0.280 e. The lowest BCUT2D eigenvalue weighted by atomic mass is 10.1. The molecule has 0 spiro atoms. The molecule has 1 amide bonds. The van der Waals surface area contributed by atoms with Crippen molar-refractivity contribution in [2.24, 2.45) is 5.10 Å². The standard InChI is InChI=1S/C22H23N3O2/c1-16(27-21-13-10-18-6-4-5-7-19(18)14-21)22(26)24-23-15-17-8-11-20(12-9-17)25(2)3/h4-16H,1-3H3,(H,24,26)/b23-15-/t16-/m1/s1. The zero-order valence-electron chi connectivity index (χ0n) is 15.7. The molecule has 0 radical (unpaired) electrons. The van der Waals surface area contributed by atoms with Crippen molar-refractivity contribution >= 4 is 28.6 Å². The number of nitrogens with zero attached hydrogens (tertiary/aromatic N) is 2. The van der Waals surface area contributed by atoms with E-state index in [4.69, 9.17) is 4.74 Å². The van der Waals surface area contributed by atoms with Gasteiger partial charge in [0.05, 0.1) is 6.21 Å². The molecule has 0 heterocycles. The zero-order valence-corrected chi connectivity index (χ0v) is 15.7. The Morgan fingerprint density at radius 2 is 1.74 bits per heavy atom. The Labute approximate surface area is 159 Å². The van der Waals surface area contributed by atoms with E-state index in [0.717, 1.165) is 22.0 Å². The second-order valence-electron chi connectivity index (χ2n) is 6.49. The summed E-state index contributed by atoms with van der Waals surface area (Å²) in [7, 11) is 3.97. The summed E-state index contributed by atoms with van der Waals surface area (Å²) in [6.07, 6.45) is 0.958. The normalized spacial score (nSPS) is 12.1. The predicted octanol–water partition coefficient (Wildman–Crippen LogP) is 3.82. The van der Waals surface area contributed by atoms with Crippen LogP contribution in [-0.4, -0.2) is 32.3 Å². The number of benzene rings is 3. The van der Waals surface area contributed by atoms with Crippen LogP contribution in [0.15, 0.2) is 71.8 Å². The minimum absolute atomic E-state index is 0.302. The quantitative estimate of drug-likeness (QED) is 0.536. The van der Waals surface area contributed by atoms with Gasteiger partial charge in [-0.3, -0.25) is 4.79 Å². The molecule has 0 saturated carbocycles. The third kappa shape index (κ3) is 4.85. The van der Waals surface area contributed by atoms with Crippen molar-refractivity contribution in [1.82, 2.24) is 5.43 Å². The largest absolute Gasteiger partial charge is 0.481 e. The third-order valence-electron chi connectivity index (χ3n) is 4.20. The molecule has 0 aliphatic rings. The average Bonchev–Trinajstić information content (AvgIpc) is 2.68. The number of anilines is 1. The van der Waals surface area contributed by atoms with Gasteiger partial charge in [-0.1, -0.05) is 42.5 Å². The highest BCUT2D eigenvalue weighted by molar-refractivity contribution is 5.85. The molecule has 1 atom stereocenters. The van der Waals surface area contributed by atoms with Crippen LogP contribution >= 0.6 is 0 Å². The first-order chi connectivity index (χ1) is 13.0. The fourth-order valence-corrected chi connectivity index (χ4v) is 2.62. The summed E-state index contributed by atoms with van der Waals surface area (Å²) in [5, 5.41) is 6.21. The fourth-order valence-electron chi connectivity index (χ4n) is 2.62. The Hall–Kier alpha value is -3.34. The van der Waals surface area contributed by atoms with E-state index in [-0.39, 0.29) is 5.91 Å². The van der Waals surface area contributed by atoms with E-state index in [2.05, 4.69) is 10.5 Å². The van der Waals surface area contributed by atoms with Crippen LogP contribution < -0.4 is 15.1 Å². The van der Waals surface area contributed by atoms with Crippen molar-refractivity contribution in [3.05, 3.63) is 72.3 Å². The van der Waals surface area contributed by atoms with Gasteiger partial charge in [0.2, 0.25) is 0 Å². The lowest BCUT2D eigenvalue weighted by molar-refractivity contribution is -0.127. The molecular formula is C22H23N3O2. The van der Waals surface area contributed by atoms with Gasteiger partial charge in [-0.25, -0.2) is 5.43 Å². The molecule has 0 fully saturated rings. The number of amides is 1. The highest BCUT2D eigenvalue weighted by Gasteiger charge is 2.14. The molecule has 27 heavy (non-hydrogen) atoms. The van der Waals surface area contributed by atoms with E-state index >= 15 is 0 Å². The number of hydrazone groups is 1. The first kappa shape index (κ1) is 18.5. The molecule has 0 unspecified atom stereocenters. The van der Waals surface area contributed by atoms with Gasteiger partial charge in [0, 0.05) is 19.8 Å². The summed E-state index contributed by atoms with van der Waals surface area (Å²) in [4.78, 5) is 14.2. The number of carbonyl (C=O) groups is 1. The summed E-state index contributed by atoms with van der Waals surface area (Å²) in [5.74, 6) is 0.351. The molecule has 0 aromatic heterocycles. The number of fused-ring (bicyclic) bond motifs is 1. The van der Waals surface area contributed by atoms with Crippen LogP contribution in [0.25, 0.3) is 10.8 Å². The Kier molecular flexibility index (Phi) is 5.71. The van der Waals surface area contributed by atoms with Gasteiger partial charge in [0.25, 0.3) is 5.91 Å². The first-order valence-electron chi connectivity index (χ1n) is 8.79. The summed E-state index contributed by atoms with van der Waals surface area (Å²) in [6.45, 7) is 1.70. The lowest BCUT2D eigenvalue weighted by Gasteiger charge is -2.13. The highest BCUT2D eigenvalue weighted by Crippen LogP contribution is 2.21. The topological polar surface area (TPSA) is 53.9 Å². The number of nitrogens with one attached hydrogen (secondary N) is 1. The fraction of sp³-hybridized carbons (Fsp3) is 0.182. The van der Waals surface area contributed by atoms with Crippen LogP contribution in [0.2, 0.25) is 0 Å². The molecule has 3 aromatic rings. The molecule has 1 N–H and O–H groups in total. The summed E-state index contributed by atoms with van der Waals surface area (Å²) in [6, 6.07) is 21.7. The summed E-state index contributed by atoms with van der Waals surface area (Å²) in [5.41, 5.74) is 4.53. The molecule has 0 aliphatic carbocycles. The van der Waals surface area contributed by atoms with Gasteiger partial charge < -0.3 is 9.64 Å². The van der Waals surface area contributed by atoms with Crippen molar-refractivity contribution in [3.63, 3.8) is 0 Å². The first-order valence-corrected chi connectivity index (χ1v) is 8.79. The third-order valence-corrected chi connectivity index (χ3v) is 4.20. The van der Waals surface area contributed by atoms with Gasteiger partial charge >= 0.3 is 0 Å². The molecule has 0 bridgehead atoms. The number of hydrogen-bond acceptors (Lipinski definition) is 4. The van der Waals surface area contributed by atoms with Crippen molar-refractivity contribution in [2.75, 3.05) is 19.0 Å². The minimum atomic E-state index is -0.653. The zero-order chi connectivity index (χ0) is 19.2. The SMILES string of the molecule is C[C@@H](Oc1ccc2ccccc2c1)C(=O)N/N=C\c1ccc(N(C)C)cc1. The monoisotopic (exact) mass is 361 g/mol. The van der Waals surface area contributed by atoms with Crippen LogP contribution in [0.1, 0.15) is 12.5 Å².